The minimum atomic E-state index is 0.136. The summed E-state index contributed by atoms with van der Waals surface area (Å²) in [6, 6.07) is 0.619. The lowest BCUT2D eigenvalue weighted by atomic mass is 10.1. The zero-order valence-corrected chi connectivity index (χ0v) is 12.1. The number of likely N-dealkylation sites (tertiary alicyclic amines) is 1. The van der Waals surface area contributed by atoms with Crippen LogP contribution in [0.3, 0.4) is 0 Å². The Bertz CT molecular complexity index is 255. The Kier molecular flexibility index (Phi) is 6.65. The zero-order valence-electron chi connectivity index (χ0n) is 12.1. The van der Waals surface area contributed by atoms with E-state index in [1.807, 2.05) is 0 Å². The van der Waals surface area contributed by atoms with Crippen molar-refractivity contribution in [2.24, 2.45) is 11.7 Å². The fourth-order valence-corrected chi connectivity index (χ4v) is 2.36. The number of carbonyl (C=O) groups is 1. The van der Waals surface area contributed by atoms with Crippen LogP contribution in [0.2, 0.25) is 0 Å². The van der Waals surface area contributed by atoms with E-state index in [9.17, 15) is 4.79 Å². The summed E-state index contributed by atoms with van der Waals surface area (Å²) in [5.74, 6) is 0.611. The van der Waals surface area contributed by atoms with Crippen LogP contribution in [0, 0.1) is 5.92 Å². The summed E-state index contributed by atoms with van der Waals surface area (Å²) < 4.78 is 0. The molecule has 1 amide bonds. The third-order valence-electron chi connectivity index (χ3n) is 4.01. The van der Waals surface area contributed by atoms with Crippen molar-refractivity contribution in [2.75, 3.05) is 19.6 Å². The topological polar surface area (TPSA) is 58.4 Å². The van der Waals surface area contributed by atoms with Gasteiger partial charge in [-0.3, -0.25) is 9.69 Å². The molecule has 0 aromatic heterocycles. The van der Waals surface area contributed by atoms with Crippen molar-refractivity contribution in [1.82, 2.24) is 10.2 Å². The molecule has 1 rings (SSSR count). The van der Waals surface area contributed by atoms with Crippen molar-refractivity contribution < 1.29 is 4.79 Å². The number of nitrogens with two attached hydrogens (primary N) is 1. The monoisotopic (exact) mass is 255 g/mol. The second-order valence-electron chi connectivity index (χ2n) is 5.81. The number of hydrogen-bond donors (Lipinski definition) is 2. The van der Waals surface area contributed by atoms with Crippen molar-refractivity contribution in [1.29, 1.82) is 0 Å². The summed E-state index contributed by atoms with van der Waals surface area (Å²) >= 11 is 0. The number of nitrogens with zero attached hydrogens (tertiary/aromatic N) is 1. The van der Waals surface area contributed by atoms with Crippen LogP contribution >= 0.6 is 0 Å². The van der Waals surface area contributed by atoms with Crippen LogP contribution in [0.25, 0.3) is 0 Å². The number of rotatable bonds is 5. The molecule has 3 N–H and O–H groups in total. The molecule has 4 nitrogen and oxygen atoms in total. The average Bonchev–Trinajstić information content (AvgIpc) is 2.53. The first-order chi connectivity index (χ1) is 8.54. The van der Waals surface area contributed by atoms with Crippen LogP contribution in [-0.2, 0) is 4.79 Å². The van der Waals surface area contributed by atoms with E-state index in [0.29, 0.717) is 25.0 Å². The summed E-state index contributed by atoms with van der Waals surface area (Å²) in [7, 11) is 0. The van der Waals surface area contributed by atoms with E-state index >= 15 is 0 Å². The molecule has 1 heterocycles. The van der Waals surface area contributed by atoms with E-state index in [0.717, 1.165) is 13.0 Å². The van der Waals surface area contributed by atoms with Crippen molar-refractivity contribution in [3.8, 4) is 0 Å². The van der Waals surface area contributed by atoms with E-state index in [2.05, 4.69) is 31.0 Å². The quantitative estimate of drug-likeness (QED) is 0.779. The van der Waals surface area contributed by atoms with E-state index in [-0.39, 0.29) is 11.9 Å². The standard InChI is InChI=1S/C14H29N3O/c1-11(2)12(3)16-14(18)10-17-8-6-4-5-7-13(17)9-15/h11-13H,4-10,15H2,1-3H3,(H,16,18). The highest BCUT2D eigenvalue weighted by Crippen LogP contribution is 2.15. The van der Waals surface area contributed by atoms with Gasteiger partial charge >= 0.3 is 0 Å². The Morgan fingerprint density at radius 1 is 1.33 bits per heavy atom. The van der Waals surface area contributed by atoms with Gasteiger partial charge in [0.15, 0.2) is 0 Å². The van der Waals surface area contributed by atoms with Gasteiger partial charge in [-0.05, 0) is 32.2 Å². The molecule has 0 saturated carbocycles. The highest BCUT2D eigenvalue weighted by molar-refractivity contribution is 5.78. The molecular weight excluding hydrogens is 226 g/mol. The molecule has 1 aliphatic rings. The van der Waals surface area contributed by atoms with E-state index < -0.39 is 0 Å². The lowest BCUT2D eigenvalue weighted by Gasteiger charge is -2.29. The molecule has 2 atom stereocenters. The number of nitrogens with one attached hydrogen (secondary N) is 1. The lowest BCUT2D eigenvalue weighted by molar-refractivity contribution is -0.123. The first-order valence-electron chi connectivity index (χ1n) is 7.28. The van der Waals surface area contributed by atoms with Gasteiger partial charge in [-0.2, -0.15) is 0 Å². The normalized spacial score (nSPS) is 23.7. The Morgan fingerprint density at radius 2 is 2.06 bits per heavy atom. The van der Waals surface area contributed by atoms with Crippen molar-refractivity contribution in [3.05, 3.63) is 0 Å². The SMILES string of the molecule is CC(C)C(C)NC(=O)CN1CCCCCC1CN. The van der Waals surface area contributed by atoms with Gasteiger partial charge in [0.2, 0.25) is 5.91 Å². The maximum absolute atomic E-state index is 12.0. The summed E-state index contributed by atoms with van der Waals surface area (Å²) in [6.07, 6.45) is 4.81. The van der Waals surface area contributed by atoms with Crippen molar-refractivity contribution in [2.45, 2.75) is 58.5 Å². The highest BCUT2D eigenvalue weighted by atomic mass is 16.2. The van der Waals surface area contributed by atoms with Crippen LogP contribution in [-0.4, -0.2) is 42.5 Å². The van der Waals surface area contributed by atoms with Gasteiger partial charge in [0.05, 0.1) is 6.54 Å². The van der Waals surface area contributed by atoms with Crippen LogP contribution in [0.15, 0.2) is 0 Å². The summed E-state index contributed by atoms with van der Waals surface area (Å²) in [5.41, 5.74) is 5.81. The fourth-order valence-electron chi connectivity index (χ4n) is 2.36. The van der Waals surface area contributed by atoms with Crippen molar-refractivity contribution >= 4 is 5.91 Å². The van der Waals surface area contributed by atoms with Crippen molar-refractivity contribution in [3.63, 3.8) is 0 Å². The van der Waals surface area contributed by atoms with Gasteiger partial charge < -0.3 is 11.1 Å². The van der Waals surface area contributed by atoms with Gasteiger partial charge in [-0.25, -0.2) is 0 Å². The molecule has 106 valence electrons. The first kappa shape index (κ1) is 15.4. The van der Waals surface area contributed by atoms with Gasteiger partial charge in [0.25, 0.3) is 0 Å². The number of hydrogen-bond acceptors (Lipinski definition) is 3. The molecule has 18 heavy (non-hydrogen) atoms. The van der Waals surface area contributed by atoms with Gasteiger partial charge in [-0.1, -0.05) is 26.7 Å². The summed E-state index contributed by atoms with van der Waals surface area (Å²) in [4.78, 5) is 14.3. The maximum atomic E-state index is 12.0. The third-order valence-corrected chi connectivity index (χ3v) is 4.01. The smallest absolute Gasteiger partial charge is 0.234 e. The lowest BCUT2D eigenvalue weighted by Crippen LogP contribution is -2.48. The van der Waals surface area contributed by atoms with Crippen LogP contribution in [0.4, 0.5) is 0 Å². The molecule has 0 aromatic carbocycles. The number of amides is 1. The molecule has 2 unspecified atom stereocenters. The highest BCUT2D eigenvalue weighted by Gasteiger charge is 2.22. The summed E-state index contributed by atoms with van der Waals surface area (Å²) in [6.45, 7) is 8.47. The van der Waals surface area contributed by atoms with Gasteiger partial charge in [-0.15, -0.1) is 0 Å². The largest absolute Gasteiger partial charge is 0.352 e. The fraction of sp³-hybridized carbons (Fsp3) is 0.929. The van der Waals surface area contributed by atoms with E-state index in [4.69, 9.17) is 5.73 Å². The Balaban J connectivity index is 2.45. The molecule has 0 spiro atoms. The molecule has 1 fully saturated rings. The molecule has 1 aliphatic heterocycles. The molecule has 0 bridgehead atoms. The Morgan fingerprint density at radius 3 is 2.67 bits per heavy atom. The second-order valence-corrected chi connectivity index (χ2v) is 5.81. The van der Waals surface area contributed by atoms with E-state index in [1.54, 1.807) is 0 Å². The Hall–Kier alpha value is -0.610. The minimum absolute atomic E-state index is 0.136. The molecule has 1 saturated heterocycles. The zero-order chi connectivity index (χ0) is 13.5. The van der Waals surface area contributed by atoms with E-state index in [1.165, 1.54) is 19.3 Å². The maximum Gasteiger partial charge on any atom is 0.234 e. The van der Waals surface area contributed by atoms with Crippen LogP contribution in [0.5, 0.6) is 0 Å². The summed E-state index contributed by atoms with van der Waals surface area (Å²) in [5, 5.41) is 3.07. The van der Waals surface area contributed by atoms with Crippen LogP contribution in [0.1, 0.15) is 46.5 Å². The first-order valence-corrected chi connectivity index (χ1v) is 7.28. The average molecular weight is 255 g/mol. The number of carbonyl (C=O) groups excluding carboxylic acids is 1. The molecule has 0 aromatic rings. The predicted octanol–water partition coefficient (Wildman–Crippen LogP) is 1.35. The Labute approximate surface area is 111 Å². The van der Waals surface area contributed by atoms with Crippen LogP contribution < -0.4 is 11.1 Å². The molecule has 4 heteroatoms. The predicted molar refractivity (Wildman–Crippen MR) is 75.3 cm³/mol. The third kappa shape index (κ3) is 4.94. The molecule has 0 aliphatic carbocycles. The molecule has 0 radical (unpaired) electrons. The molecular formula is C14H29N3O. The van der Waals surface area contributed by atoms with Gasteiger partial charge in [0, 0.05) is 18.6 Å². The minimum Gasteiger partial charge on any atom is -0.352 e. The van der Waals surface area contributed by atoms with Gasteiger partial charge in [0.1, 0.15) is 0 Å². The second kappa shape index (κ2) is 7.74.